The lowest BCUT2D eigenvalue weighted by Gasteiger charge is -2.25. The van der Waals surface area contributed by atoms with Gasteiger partial charge in [0, 0.05) is 6.54 Å². The number of ketones is 1. The molecule has 1 fully saturated rings. The second-order valence-corrected chi connectivity index (χ2v) is 7.07. The van der Waals surface area contributed by atoms with Gasteiger partial charge in [0.15, 0.2) is 17.3 Å². The van der Waals surface area contributed by atoms with Crippen LogP contribution in [-0.4, -0.2) is 37.4 Å². The molecule has 3 rings (SSSR count). The Bertz CT molecular complexity index is 798. The lowest BCUT2D eigenvalue weighted by molar-refractivity contribution is 0.0740. The number of ether oxygens (including phenoxy) is 2. The minimum Gasteiger partial charge on any atom is -0.493 e. The van der Waals surface area contributed by atoms with Gasteiger partial charge in [0.1, 0.15) is 0 Å². The van der Waals surface area contributed by atoms with E-state index in [4.69, 9.17) is 9.47 Å². The van der Waals surface area contributed by atoms with E-state index in [1.165, 1.54) is 18.3 Å². The predicted octanol–water partition coefficient (Wildman–Crippen LogP) is 3.95. The molecule has 1 aromatic carbocycles. The van der Waals surface area contributed by atoms with Crippen LogP contribution in [0.2, 0.25) is 0 Å². The van der Waals surface area contributed by atoms with Gasteiger partial charge in [-0.25, -0.2) is 0 Å². The van der Waals surface area contributed by atoms with Crippen molar-refractivity contribution in [3.8, 4) is 11.5 Å². The molecule has 132 valence electrons. The highest BCUT2D eigenvalue weighted by Crippen LogP contribution is 2.38. The molecule has 1 atom stereocenters. The van der Waals surface area contributed by atoms with Gasteiger partial charge in [-0.3, -0.25) is 9.59 Å². The van der Waals surface area contributed by atoms with Crippen LogP contribution in [0.4, 0.5) is 0 Å². The molecule has 1 amide bonds. The number of benzene rings is 1. The molecule has 25 heavy (non-hydrogen) atoms. The molecular weight excluding hydrogens is 338 g/mol. The van der Waals surface area contributed by atoms with Crippen LogP contribution in [0.25, 0.3) is 0 Å². The van der Waals surface area contributed by atoms with Crippen molar-refractivity contribution in [2.45, 2.75) is 25.8 Å². The van der Waals surface area contributed by atoms with Crippen LogP contribution in [-0.2, 0) is 0 Å². The SMILES string of the molecule is COc1ccc([C@H]2CCCN2C(=O)c2ccc(C(C)=O)s2)cc1OC. The Morgan fingerprint density at radius 1 is 1.08 bits per heavy atom. The predicted molar refractivity (Wildman–Crippen MR) is 96.9 cm³/mol. The summed E-state index contributed by atoms with van der Waals surface area (Å²) in [6.07, 6.45) is 1.86. The van der Waals surface area contributed by atoms with Gasteiger partial charge in [-0.2, -0.15) is 0 Å². The van der Waals surface area contributed by atoms with Crippen LogP contribution < -0.4 is 9.47 Å². The number of rotatable bonds is 5. The van der Waals surface area contributed by atoms with E-state index in [1.54, 1.807) is 26.4 Å². The third-order valence-electron chi connectivity index (χ3n) is 4.47. The first-order valence-corrected chi connectivity index (χ1v) is 9.00. The Morgan fingerprint density at radius 3 is 2.44 bits per heavy atom. The van der Waals surface area contributed by atoms with Crippen molar-refractivity contribution in [2.75, 3.05) is 20.8 Å². The van der Waals surface area contributed by atoms with Gasteiger partial charge in [0.25, 0.3) is 5.91 Å². The summed E-state index contributed by atoms with van der Waals surface area (Å²) in [5.74, 6) is 1.30. The van der Waals surface area contributed by atoms with E-state index in [0.717, 1.165) is 18.4 Å². The van der Waals surface area contributed by atoms with Gasteiger partial charge in [0.05, 0.1) is 30.0 Å². The summed E-state index contributed by atoms with van der Waals surface area (Å²) in [4.78, 5) is 27.5. The van der Waals surface area contributed by atoms with E-state index in [1.807, 2.05) is 23.1 Å². The van der Waals surface area contributed by atoms with Gasteiger partial charge < -0.3 is 14.4 Å². The molecule has 5 nitrogen and oxygen atoms in total. The van der Waals surface area contributed by atoms with Gasteiger partial charge in [-0.15, -0.1) is 11.3 Å². The van der Waals surface area contributed by atoms with E-state index < -0.39 is 0 Å². The summed E-state index contributed by atoms with van der Waals surface area (Å²) in [5.41, 5.74) is 1.03. The van der Waals surface area contributed by atoms with Crippen molar-refractivity contribution in [1.82, 2.24) is 4.90 Å². The number of likely N-dealkylation sites (tertiary alicyclic amines) is 1. The lowest BCUT2D eigenvalue weighted by Crippen LogP contribution is -2.30. The van der Waals surface area contributed by atoms with Crippen molar-refractivity contribution >= 4 is 23.0 Å². The summed E-state index contributed by atoms with van der Waals surface area (Å²) in [5, 5.41) is 0. The number of carbonyl (C=O) groups excluding carboxylic acids is 2. The average Bonchev–Trinajstić information content (AvgIpc) is 3.30. The quantitative estimate of drug-likeness (QED) is 0.759. The molecule has 0 saturated carbocycles. The van der Waals surface area contributed by atoms with Crippen molar-refractivity contribution in [1.29, 1.82) is 0 Å². The Hall–Kier alpha value is -2.34. The monoisotopic (exact) mass is 359 g/mol. The second kappa shape index (κ2) is 7.27. The zero-order valence-corrected chi connectivity index (χ0v) is 15.4. The zero-order chi connectivity index (χ0) is 18.0. The molecule has 0 N–H and O–H groups in total. The molecule has 0 unspecified atom stereocenters. The van der Waals surface area contributed by atoms with Crippen molar-refractivity contribution in [2.24, 2.45) is 0 Å². The molecule has 0 bridgehead atoms. The highest BCUT2D eigenvalue weighted by molar-refractivity contribution is 7.15. The van der Waals surface area contributed by atoms with Gasteiger partial charge in [-0.1, -0.05) is 6.07 Å². The van der Waals surface area contributed by atoms with E-state index in [9.17, 15) is 9.59 Å². The molecule has 6 heteroatoms. The maximum Gasteiger partial charge on any atom is 0.264 e. The third kappa shape index (κ3) is 3.39. The first kappa shape index (κ1) is 17.5. The zero-order valence-electron chi connectivity index (χ0n) is 14.6. The largest absolute Gasteiger partial charge is 0.493 e. The molecule has 1 aliphatic rings. The summed E-state index contributed by atoms with van der Waals surface area (Å²) in [6.45, 7) is 2.23. The maximum absolute atomic E-state index is 12.9. The Kier molecular flexibility index (Phi) is 5.08. The molecule has 2 heterocycles. The summed E-state index contributed by atoms with van der Waals surface area (Å²) in [6, 6.07) is 9.26. The number of nitrogens with zero attached hydrogens (tertiary/aromatic N) is 1. The van der Waals surface area contributed by atoms with E-state index >= 15 is 0 Å². The minimum absolute atomic E-state index is 0.00943. The molecule has 1 saturated heterocycles. The molecule has 0 aliphatic carbocycles. The molecule has 0 spiro atoms. The van der Waals surface area contributed by atoms with Gasteiger partial charge in [-0.05, 0) is 49.6 Å². The Morgan fingerprint density at radius 2 is 1.80 bits per heavy atom. The van der Waals surface area contributed by atoms with Crippen LogP contribution >= 0.6 is 11.3 Å². The molecule has 0 radical (unpaired) electrons. The average molecular weight is 359 g/mol. The number of thiophene rings is 1. The fourth-order valence-corrected chi connectivity index (χ4v) is 4.06. The van der Waals surface area contributed by atoms with Crippen molar-refractivity contribution in [3.05, 3.63) is 45.6 Å². The minimum atomic E-state index is -0.0187. The Labute approximate surface area is 151 Å². The van der Waals surface area contributed by atoms with Crippen LogP contribution in [0.1, 0.15) is 50.7 Å². The Balaban J connectivity index is 1.87. The topological polar surface area (TPSA) is 55.8 Å². The van der Waals surface area contributed by atoms with E-state index in [-0.39, 0.29) is 17.7 Å². The summed E-state index contributed by atoms with van der Waals surface area (Å²) in [7, 11) is 3.21. The normalized spacial score (nSPS) is 16.8. The second-order valence-electron chi connectivity index (χ2n) is 5.99. The van der Waals surface area contributed by atoms with Crippen LogP contribution in [0, 0.1) is 0 Å². The number of amides is 1. The first-order chi connectivity index (χ1) is 12.0. The first-order valence-electron chi connectivity index (χ1n) is 8.18. The highest BCUT2D eigenvalue weighted by atomic mass is 32.1. The number of hydrogen-bond acceptors (Lipinski definition) is 5. The van der Waals surface area contributed by atoms with Crippen LogP contribution in [0.15, 0.2) is 30.3 Å². The van der Waals surface area contributed by atoms with Crippen molar-refractivity contribution in [3.63, 3.8) is 0 Å². The van der Waals surface area contributed by atoms with E-state index in [2.05, 4.69) is 0 Å². The van der Waals surface area contributed by atoms with Gasteiger partial charge in [0.2, 0.25) is 0 Å². The summed E-state index contributed by atoms with van der Waals surface area (Å²) >= 11 is 1.26. The van der Waals surface area contributed by atoms with E-state index in [0.29, 0.717) is 27.8 Å². The van der Waals surface area contributed by atoms with Crippen LogP contribution in [0.5, 0.6) is 11.5 Å². The standard InChI is InChI=1S/C19H21NO4S/c1-12(21)17-8-9-18(25-17)19(22)20-10-4-5-14(20)13-6-7-15(23-2)16(11-13)24-3/h6-9,11,14H,4-5,10H2,1-3H3/t14-/m1/s1. The molecule has 2 aromatic rings. The fourth-order valence-electron chi connectivity index (χ4n) is 3.20. The molecule has 1 aromatic heterocycles. The molecule has 1 aliphatic heterocycles. The number of hydrogen-bond donors (Lipinski definition) is 0. The number of Topliss-reactive ketones (excluding diaryl/α,β-unsaturated/α-hetero) is 1. The maximum atomic E-state index is 12.9. The third-order valence-corrected chi connectivity index (χ3v) is 5.64. The number of methoxy groups -OCH3 is 2. The molecular formula is C19H21NO4S. The number of carbonyl (C=O) groups is 2. The fraction of sp³-hybridized carbons (Fsp3) is 0.368. The van der Waals surface area contributed by atoms with Gasteiger partial charge >= 0.3 is 0 Å². The lowest BCUT2D eigenvalue weighted by atomic mass is 10.0. The smallest absolute Gasteiger partial charge is 0.264 e. The van der Waals surface area contributed by atoms with Crippen molar-refractivity contribution < 1.29 is 19.1 Å². The summed E-state index contributed by atoms with van der Waals surface area (Å²) < 4.78 is 10.7. The van der Waals surface area contributed by atoms with Crippen LogP contribution in [0.3, 0.4) is 0 Å². The highest BCUT2D eigenvalue weighted by Gasteiger charge is 2.32.